The molecule has 1 atom stereocenters. The maximum Gasteiger partial charge on any atom is 0.308 e. The van der Waals surface area contributed by atoms with Gasteiger partial charge < -0.3 is 15.2 Å². The molecule has 1 unspecified atom stereocenters. The molecule has 1 rings (SSSR count). The highest BCUT2D eigenvalue weighted by Gasteiger charge is 2.22. The quantitative estimate of drug-likeness (QED) is 0.802. The molecule has 0 aromatic heterocycles. The van der Waals surface area contributed by atoms with Crippen LogP contribution in [0.4, 0.5) is 0 Å². The van der Waals surface area contributed by atoms with Crippen LogP contribution < -0.4 is 10.1 Å². The van der Waals surface area contributed by atoms with Crippen molar-refractivity contribution in [3.63, 3.8) is 0 Å². The molecular weight excluding hydrogens is 258 g/mol. The SMILES string of the molecule is CCOc1ccccc1C(=O)NCC(C(=O)O)C(C)C. The highest BCUT2D eigenvalue weighted by atomic mass is 16.5. The fraction of sp³-hybridized carbons (Fsp3) is 0.467. The highest BCUT2D eigenvalue weighted by molar-refractivity contribution is 5.97. The van der Waals surface area contributed by atoms with Gasteiger partial charge in [0.1, 0.15) is 5.75 Å². The van der Waals surface area contributed by atoms with E-state index >= 15 is 0 Å². The summed E-state index contributed by atoms with van der Waals surface area (Å²) in [5.41, 5.74) is 0.419. The summed E-state index contributed by atoms with van der Waals surface area (Å²) in [6.45, 7) is 6.05. The van der Waals surface area contributed by atoms with Gasteiger partial charge in [-0.1, -0.05) is 26.0 Å². The van der Waals surface area contributed by atoms with Gasteiger partial charge >= 0.3 is 5.97 Å². The van der Waals surface area contributed by atoms with Crippen molar-refractivity contribution < 1.29 is 19.4 Å². The summed E-state index contributed by atoms with van der Waals surface area (Å²) >= 11 is 0. The van der Waals surface area contributed by atoms with E-state index < -0.39 is 11.9 Å². The van der Waals surface area contributed by atoms with Crippen molar-refractivity contribution in [2.45, 2.75) is 20.8 Å². The van der Waals surface area contributed by atoms with Crippen LogP contribution in [0, 0.1) is 11.8 Å². The van der Waals surface area contributed by atoms with E-state index in [0.717, 1.165) is 0 Å². The van der Waals surface area contributed by atoms with E-state index in [1.165, 1.54) is 0 Å². The van der Waals surface area contributed by atoms with Crippen molar-refractivity contribution in [2.24, 2.45) is 11.8 Å². The molecule has 0 fully saturated rings. The molecule has 0 heterocycles. The van der Waals surface area contributed by atoms with Gasteiger partial charge in [0.25, 0.3) is 5.91 Å². The van der Waals surface area contributed by atoms with Gasteiger partial charge in [-0.25, -0.2) is 0 Å². The van der Waals surface area contributed by atoms with Gasteiger partial charge in [-0.3, -0.25) is 9.59 Å². The summed E-state index contributed by atoms with van der Waals surface area (Å²) < 4.78 is 5.38. The summed E-state index contributed by atoms with van der Waals surface area (Å²) in [4.78, 5) is 23.2. The lowest BCUT2D eigenvalue weighted by Crippen LogP contribution is -2.35. The van der Waals surface area contributed by atoms with Gasteiger partial charge in [0.15, 0.2) is 0 Å². The Labute approximate surface area is 118 Å². The molecule has 0 aliphatic heterocycles. The third-order valence-electron chi connectivity index (χ3n) is 3.04. The number of carboxylic acids is 1. The summed E-state index contributed by atoms with van der Waals surface area (Å²) in [5.74, 6) is -1.36. The summed E-state index contributed by atoms with van der Waals surface area (Å²) in [6.07, 6.45) is 0. The Morgan fingerprint density at radius 3 is 2.50 bits per heavy atom. The molecule has 1 amide bonds. The number of hydrogen-bond donors (Lipinski definition) is 2. The zero-order valence-corrected chi connectivity index (χ0v) is 12.1. The molecule has 110 valence electrons. The van der Waals surface area contributed by atoms with Gasteiger partial charge in [-0.15, -0.1) is 0 Å². The Hall–Kier alpha value is -2.04. The van der Waals surface area contributed by atoms with E-state index in [4.69, 9.17) is 9.84 Å². The van der Waals surface area contributed by atoms with Crippen LogP contribution in [0.25, 0.3) is 0 Å². The van der Waals surface area contributed by atoms with Crippen LogP contribution in [0.1, 0.15) is 31.1 Å². The Morgan fingerprint density at radius 1 is 1.30 bits per heavy atom. The largest absolute Gasteiger partial charge is 0.493 e. The van der Waals surface area contributed by atoms with Gasteiger partial charge in [0, 0.05) is 6.54 Å². The lowest BCUT2D eigenvalue weighted by molar-refractivity contribution is -0.142. The average molecular weight is 279 g/mol. The third kappa shape index (κ3) is 4.26. The van der Waals surface area contributed by atoms with Gasteiger partial charge in [-0.2, -0.15) is 0 Å². The zero-order chi connectivity index (χ0) is 15.1. The fourth-order valence-electron chi connectivity index (χ4n) is 1.84. The van der Waals surface area contributed by atoms with E-state index in [1.807, 2.05) is 20.8 Å². The van der Waals surface area contributed by atoms with Crippen molar-refractivity contribution in [3.05, 3.63) is 29.8 Å². The van der Waals surface area contributed by atoms with E-state index in [0.29, 0.717) is 17.9 Å². The number of para-hydroxylation sites is 1. The second kappa shape index (κ2) is 7.53. The van der Waals surface area contributed by atoms with Gasteiger partial charge in [0.05, 0.1) is 18.1 Å². The molecule has 0 aliphatic rings. The molecule has 5 heteroatoms. The lowest BCUT2D eigenvalue weighted by atomic mass is 9.96. The van der Waals surface area contributed by atoms with Crippen molar-refractivity contribution in [1.29, 1.82) is 0 Å². The van der Waals surface area contributed by atoms with Crippen LogP contribution in [-0.2, 0) is 4.79 Å². The van der Waals surface area contributed by atoms with Gasteiger partial charge in [-0.05, 0) is 25.0 Å². The molecule has 2 N–H and O–H groups in total. The first-order chi connectivity index (χ1) is 9.47. The summed E-state index contributed by atoms with van der Waals surface area (Å²) in [7, 11) is 0. The number of carboxylic acid groups (broad SMARTS) is 1. The number of carbonyl (C=O) groups is 2. The Bertz CT molecular complexity index is 471. The molecule has 0 spiro atoms. The molecule has 0 bridgehead atoms. The predicted molar refractivity (Wildman–Crippen MR) is 75.9 cm³/mol. The second-order valence-corrected chi connectivity index (χ2v) is 4.83. The van der Waals surface area contributed by atoms with Crippen molar-refractivity contribution in [1.82, 2.24) is 5.32 Å². The van der Waals surface area contributed by atoms with Crippen LogP contribution >= 0.6 is 0 Å². The van der Waals surface area contributed by atoms with Crippen LogP contribution in [0.5, 0.6) is 5.75 Å². The van der Waals surface area contributed by atoms with Crippen molar-refractivity contribution in [3.8, 4) is 5.75 Å². The molecule has 0 saturated carbocycles. The van der Waals surface area contributed by atoms with Crippen molar-refractivity contribution >= 4 is 11.9 Å². The summed E-state index contributed by atoms with van der Waals surface area (Å²) in [5, 5.41) is 11.8. The Morgan fingerprint density at radius 2 is 1.95 bits per heavy atom. The monoisotopic (exact) mass is 279 g/mol. The number of hydrogen-bond acceptors (Lipinski definition) is 3. The minimum Gasteiger partial charge on any atom is -0.493 e. The van der Waals surface area contributed by atoms with E-state index in [2.05, 4.69) is 5.32 Å². The first kappa shape index (κ1) is 16.0. The van der Waals surface area contributed by atoms with Crippen LogP contribution in [-0.4, -0.2) is 30.1 Å². The minimum atomic E-state index is -0.904. The normalized spacial score (nSPS) is 12.0. The third-order valence-corrected chi connectivity index (χ3v) is 3.04. The molecule has 0 saturated heterocycles. The number of rotatable bonds is 7. The number of amides is 1. The topological polar surface area (TPSA) is 75.6 Å². The Kier molecular flexibility index (Phi) is 6.03. The van der Waals surface area contributed by atoms with Gasteiger partial charge in [0.2, 0.25) is 0 Å². The molecule has 1 aromatic rings. The molecular formula is C15H21NO4. The number of ether oxygens (including phenoxy) is 1. The molecule has 5 nitrogen and oxygen atoms in total. The average Bonchev–Trinajstić information content (AvgIpc) is 2.39. The first-order valence-corrected chi connectivity index (χ1v) is 6.70. The number of benzene rings is 1. The van der Waals surface area contributed by atoms with E-state index in [1.54, 1.807) is 24.3 Å². The van der Waals surface area contributed by atoms with Crippen LogP contribution in [0.3, 0.4) is 0 Å². The zero-order valence-electron chi connectivity index (χ0n) is 12.1. The minimum absolute atomic E-state index is 0.0464. The van der Waals surface area contributed by atoms with Crippen LogP contribution in [0.2, 0.25) is 0 Å². The number of carbonyl (C=O) groups excluding carboxylic acids is 1. The second-order valence-electron chi connectivity index (χ2n) is 4.83. The van der Waals surface area contributed by atoms with Crippen molar-refractivity contribution in [2.75, 3.05) is 13.2 Å². The first-order valence-electron chi connectivity index (χ1n) is 6.70. The van der Waals surface area contributed by atoms with Crippen LogP contribution in [0.15, 0.2) is 24.3 Å². The number of aliphatic carboxylic acids is 1. The maximum atomic E-state index is 12.1. The maximum absolute atomic E-state index is 12.1. The molecule has 0 aliphatic carbocycles. The predicted octanol–water partition coefficient (Wildman–Crippen LogP) is 2.17. The highest BCUT2D eigenvalue weighted by Crippen LogP contribution is 2.18. The lowest BCUT2D eigenvalue weighted by Gasteiger charge is -2.17. The standard InChI is InChI=1S/C15H21NO4/c1-4-20-13-8-6-5-7-11(13)14(17)16-9-12(10(2)3)15(18)19/h5-8,10,12H,4,9H2,1-3H3,(H,16,17)(H,18,19). The fourth-order valence-corrected chi connectivity index (χ4v) is 1.84. The molecule has 1 aromatic carbocycles. The van der Waals surface area contributed by atoms with E-state index in [9.17, 15) is 9.59 Å². The van der Waals surface area contributed by atoms with E-state index in [-0.39, 0.29) is 18.4 Å². The Balaban J connectivity index is 2.74. The summed E-state index contributed by atoms with van der Waals surface area (Å²) in [6, 6.07) is 6.91. The smallest absolute Gasteiger partial charge is 0.308 e. The number of nitrogens with one attached hydrogen (secondary N) is 1. The molecule has 0 radical (unpaired) electrons. The molecule has 20 heavy (non-hydrogen) atoms.